The number of hydrogen-bond donors (Lipinski definition) is 2. The number of carboxylic acids is 1. The van der Waals surface area contributed by atoms with Crippen LogP contribution in [0.5, 0.6) is 0 Å². The van der Waals surface area contributed by atoms with Crippen LogP contribution in [0.25, 0.3) is 0 Å². The van der Waals surface area contributed by atoms with Crippen LogP contribution in [0.15, 0.2) is 18.3 Å². The number of nitrogens with one attached hydrogen (secondary N) is 1. The largest absolute Gasteiger partial charge is 0.480 e. The molecule has 0 aromatic carbocycles. The van der Waals surface area contributed by atoms with Gasteiger partial charge in [0, 0.05) is 12.5 Å². The van der Waals surface area contributed by atoms with Crippen molar-refractivity contribution in [3.8, 4) is 0 Å². The molecule has 0 saturated heterocycles. The molecule has 0 aliphatic rings. The maximum absolute atomic E-state index is 12.1. The summed E-state index contributed by atoms with van der Waals surface area (Å²) in [4.78, 5) is 34.6. The van der Waals surface area contributed by atoms with E-state index in [0.717, 1.165) is 12.3 Å². The molecule has 1 heterocycles. The van der Waals surface area contributed by atoms with Crippen LogP contribution in [0.3, 0.4) is 0 Å². The maximum atomic E-state index is 12.1. The van der Waals surface area contributed by atoms with Crippen molar-refractivity contribution in [3.05, 3.63) is 34.0 Å². The molecule has 1 unspecified atom stereocenters. The van der Waals surface area contributed by atoms with Gasteiger partial charge in [0.15, 0.2) is 0 Å². The van der Waals surface area contributed by atoms with Gasteiger partial charge in [-0.15, -0.1) is 0 Å². The number of nitrogens with zero attached hydrogens (tertiary/aromatic N) is 2. The summed E-state index contributed by atoms with van der Waals surface area (Å²) in [5, 5.41) is 20.6. The highest BCUT2D eigenvalue weighted by atomic mass is 19.4. The van der Waals surface area contributed by atoms with Gasteiger partial charge in [-0.1, -0.05) is 0 Å². The summed E-state index contributed by atoms with van der Waals surface area (Å²) >= 11 is 0. The molecule has 1 aromatic heterocycles. The first-order chi connectivity index (χ1) is 9.61. The number of carboxylic acid groups (broad SMARTS) is 1. The molecule has 1 rings (SSSR count). The van der Waals surface area contributed by atoms with Gasteiger partial charge in [-0.05, 0) is 21.5 Å². The number of aromatic nitrogens is 1. The monoisotopic (exact) mass is 307 g/mol. The minimum absolute atomic E-state index is 0.0478. The normalized spacial score (nSPS) is 12.5. The number of hydrogen-bond acceptors (Lipinski definition) is 5. The highest BCUT2D eigenvalue weighted by Crippen LogP contribution is 2.16. The number of carbonyl (C=O) groups is 2. The van der Waals surface area contributed by atoms with Crippen LogP contribution in [0.2, 0.25) is 0 Å². The van der Waals surface area contributed by atoms with E-state index in [0.29, 0.717) is 0 Å². The second kappa shape index (κ2) is 6.15. The number of halogens is 3. The summed E-state index contributed by atoms with van der Waals surface area (Å²) in [6.07, 6.45) is -4.77. The number of nitro groups is 1. The van der Waals surface area contributed by atoms with Gasteiger partial charge in [0.25, 0.3) is 0 Å². The SMILES string of the molecule is O=C(O)C(Cc1ccnc([N+](=O)[O-])c1)NC(=O)C(F)(F)F. The summed E-state index contributed by atoms with van der Waals surface area (Å²) in [6.45, 7) is 0. The third-order valence-electron chi connectivity index (χ3n) is 2.30. The van der Waals surface area contributed by atoms with Gasteiger partial charge in [-0.3, -0.25) is 4.79 Å². The van der Waals surface area contributed by atoms with Crippen LogP contribution >= 0.6 is 0 Å². The fraction of sp³-hybridized carbons (Fsp3) is 0.300. The number of pyridine rings is 1. The molecule has 0 fully saturated rings. The van der Waals surface area contributed by atoms with Gasteiger partial charge < -0.3 is 20.5 Å². The Morgan fingerprint density at radius 2 is 2.10 bits per heavy atom. The zero-order valence-electron chi connectivity index (χ0n) is 10.1. The van der Waals surface area contributed by atoms with E-state index >= 15 is 0 Å². The van der Waals surface area contributed by atoms with Crippen molar-refractivity contribution < 1.29 is 32.8 Å². The zero-order chi connectivity index (χ0) is 16.2. The lowest BCUT2D eigenvalue weighted by Gasteiger charge is -2.15. The van der Waals surface area contributed by atoms with Crippen LogP contribution in [-0.2, 0) is 16.0 Å². The summed E-state index contributed by atoms with van der Waals surface area (Å²) < 4.78 is 36.2. The zero-order valence-corrected chi connectivity index (χ0v) is 10.1. The second-order valence-corrected chi connectivity index (χ2v) is 3.85. The van der Waals surface area contributed by atoms with E-state index in [1.807, 2.05) is 0 Å². The molecule has 21 heavy (non-hydrogen) atoms. The molecule has 1 aromatic rings. The average molecular weight is 307 g/mol. The molecule has 1 amide bonds. The average Bonchev–Trinajstić information content (AvgIpc) is 2.36. The van der Waals surface area contributed by atoms with E-state index in [1.54, 1.807) is 0 Å². The number of aliphatic carboxylic acids is 1. The van der Waals surface area contributed by atoms with Gasteiger partial charge in [0.1, 0.15) is 12.2 Å². The lowest BCUT2D eigenvalue weighted by atomic mass is 10.1. The van der Waals surface area contributed by atoms with Crippen LogP contribution in [0.1, 0.15) is 5.56 Å². The molecule has 8 nitrogen and oxygen atoms in total. The summed E-state index contributed by atoms with van der Waals surface area (Å²) in [5.41, 5.74) is 0.0478. The molecule has 114 valence electrons. The first kappa shape index (κ1) is 16.3. The smallest absolute Gasteiger partial charge is 0.471 e. The van der Waals surface area contributed by atoms with Gasteiger partial charge in [0.05, 0.1) is 0 Å². The van der Waals surface area contributed by atoms with E-state index < -0.39 is 41.3 Å². The Hall–Kier alpha value is -2.72. The highest BCUT2D eigenvalue weighted by Gasteiger charge is 2.40. The van der Waals surface area contributed by atoms with Crippen LogP contribution < -0.4 is 5.32 Å². The van der Waals surface area contributed by atoms with Crippen molar-refractivity contribution in [2.24, 2.45) is 0 Å². The molecule has 0 aliphatic heterocycles. The van der Waals surface area contributed by atoms with Gasteiger partial charge in [0.2, 0.25) is 0 Å². The van der Waals surface area contributed by atoms with E-state index in [1.165, 1.54) is 11.4 Å². The topological polar surface area (TPSA) is 122 Å². The Morgan fingerprint density at radius 1 is 1.48 bits per heavy atom. The Bertz CT molecular complexity index is 575. The first-order valence-electron chi connectivity index (χ1n) is 5.31. The van der Waals surface area contributed by atoms with E-state index in [-0.39, 0.29) is 5.56 Å². The maximum Gasteiger partial charge on any atom is 0.471 e. The van der Waals surface area contributed by atoms with Crippen molar-refractivity contribution in [1.29, 1.82) is 0 Å². The predicted octanol–water partition coefficient (Wildman–Crippen LogP) is 0.664. The molecule has 0 saturated carbocycles. The Kier molecular flexibility index (Phi) is 4.79. The van der Waals surface area contributed by atoms with E-state index in [4.69, 9.17) is 5.11 Å². The highest BCUT2D eigenvalue weighted by molar-refractivity contribution is 5.87. The quantitative estimate of drug-likeness (QED) is 0.608. The number of amides is 1. The molecule has 0 bridgehead atoms. The lowest BCUT2D eigenvalue weighted by Crippen LogP contribution is -2.47. The number of carbonyl (C=O) groups excluding carboxylic acids is 1. The minimum Gasteiger partial charge on any atom is -0.480 e. The molecule has 0 spiro atoms. The molecule has 11 heteroatoms. The molecular formula is C10H8F3N3O5. The van der Waals surface area contributed by atoms with Crippen molar-refractivity contribution >= 4 is 17.7 Å². The second-order valence-electron chi connectivity index (χ2n) is 3.85. The first-order valence-corrected chi connectivity index (χ1v) is 5.31. The fourth-order valence-corrected chi connectivity index (χ4v) is 1.36. The molecular weight excluding hydrogens is 299 g/mol. The van der Waals surface area contributed by atoms with Crippen molar-refractivity contribution in [3.63, 3.8) is 0 Å². The van der Waals surface area contributed by atoms with Crippen LogP contribution in [0.4, 0.5) is 19.0 Å². The number of rotatable bonds is 5. The predicted molar refractivity (Wildman–Crippen MR) is 60.2 cm³/mol. The third-order valence-corrected chi connectivity index (χ3v) is 2.30. The minimum atomic E-state index is -5.22. The fourth-order valence-electron chi connectivity index (χ4n) is 1.36. The van der Waals surface area contributed by atoms with Crippen LogP contribution in [-0.4, -0.2) is 39.1 Å². The third kappa shape index (κ3) is 4.71. The van der Waals surface area contributed by atoms with Crippen molar-refractivity contribution in [2.75, 3.05) is 0 Å². The molecule has 0 aliphatic carbocycles. The van der Waals surface area contributed by atoms with Gasteiger partial charge in [-0.25, -0.2) is 4.79 Å². The van der Waals surface area contributed by atoms with E-state index in [9.17, 15) is 32.9 Å². The molecule has 0 radical (unpaired) electrons. The summed E-state index contributed by atoms with van der Waals surface area (Å²) in [6, 6.07) is 0.236. The standard InChI is InChI=1S/C10H8F3N3O5/c11-10(12,13)9(19)15-6(8(17)18)3-5-1-2-14-7(4-5)16(20)21/h1-2,4,6H,3H2,(H,15,19)(H,17,18). The van der Waals surface area contributed by atoms with Crippen molar-refractivity contribution in [1.82, 2.24) is 10.3 Å². The Morgan fingerprint density at radius 3 is 2.57 bits per heavy atom. The van der Waals surface area contributed by atoms with E-state index in [2.05, 4.69) is 4.98 Å². The van der Waals surface area contributed by atoms with Gasteiger partial charge in [-0.2, -0.15) is 13.2 Å². The summed E-state index contributed by atoms with van der Waals surface area (Å²) in [7, 11) is 0. The molecule has 2 N–H and O–H groups in total. The summed E-state index contributed by atoms with van der Waals surface area (Å²) in [5.74, 6) is -4.69. The number of alkyl halides is 3. The molecule has 1 atom stereocenters. The van der Waals surface area contributed by atoms with Crippen LogP contribution in [0, 0.1) is 10.1 Å². The van der Waals surface area contributed by atoms with Crippen molar-refractivity contribution in [2.45, 2.75) is 18.6 Å². The van der Waals surface area contributed by atoms with Gasteiger partial charge >= 0.3 is 23.9 Å². The lowest BCUT2D eigenvalue weighted by molar-refractivity contribution is -0.389. The Labute approximate surface area is 114 Å². The Balaban J connectivity index is 2.89.